The molecule has 0 atom stereocenters. The Morgan fingerprint density at radius 1 is 1.33 bits per heavy atom. The summed E-state index contributed by atoms with van der Waals surface area (Å²) in [7, 11) is 0. The predicted molar refractivity (Wildman–Crippen MR) is 64.2 cm³/mol. The largest absolute Gasteiger partial charge is 0.369 e. The van der Waals surface area contributed by atoms with Crippen molar-refractivity contribution in [2.45, 2.75) is 13.5 Å². The second-order valence-corrected chi connectivity index (χ2v) is 4.02. The first kappa shape index (κ1) is 10.5. The van der Waals surface area contributed by atoms with Gasteiger partial charge in [-0.15, -0.1) is 0 Å². The summed E-state index contributed by atoms with van der Waals surface area (Å²) in [5, 5.41) is 3.37. The molecule has 15 heavy (non-hydrogen) atoms. The predicted octanol–water partition coefficient (Wildman–Crippen LogP) is 0.863. The van der Waals surface area contributed by atoms with Gasteiger partial charge in [0.1, 0.15) is 0 Å². The van der Waals surface area contributed by atoms with Crippen molar-refractivity contribution < 1.29 is 0 Å². The molecule has 0 unspecified atom stereocenters. The Balaban J connectivity index is 2.31. The number of anilines is 1. The number of aryl methyl sites for hydroxylation is 1. The molecule has 0 radical (unpaired) electrons. The van der Waals surface area contributed by atoms with Crippen LogP contribution in [-0.4, -0.2) is 26.2 Å². The summed E-state index contributed by atoms with van der Waals surface area (Å²) in [6.45, 7) is 7.09. The van der Waals surface area contributed by atoms with Gasteiger partial charge in [0.25, 0.3) is 0 Å². The van der Waals surface area contributed by atoms with Crippen LogP contribution in [0.25, 0.3) is 0 Å². The Morgan fingerprint density at radius 3 is 2.73 bits per heavy atom. The molecule has 3 nitrogen and oxygen atoms in total. The number of piperazine rings is 1. The van der Waals surface area contributed by atoms with Gasteiger partial charge in [0, 0.05) is 38.4 Å². The molecule has 0 aliphatic carbocycles. The van der Waals surface area contributed by atoms with Crippen molar-refractivity contribution in [1.82, 2.24) is 5.32 Å². The van der Waals surface area contributed by atoms with Gasteiger partial charge in [0.15, 0.2) is 0 Å². The van der Waals surface area contributed by atoms with Crippen LogP contribution >= 0.6 is 0 Å². The van der Waals surface area contributed by atoms with Crippen LogP contribution in [0.4, 0.5) is 5.69 Å². The van der Waals surface area contributed by atoms with E-state index in [0.717, 1.165) is 26.2 Å². The van der Waals surface area contributed by atoms with E-state index >= 15 is 0 Å². The lowest BCUT2D eigenvalue weighted by molar-refractivity contribution is 0.587. The Kier molecular flexibility index (Phi) is 3.23. The van der Waals surface area contributed by atoms with E-state index in [-0.39, 0.29) is 0 Å². The van der Waals surface area contributed by atoms with Crippen molar-refractivity contribution in [2.75, 3.05) is 31.1 Å². The maximum absolute atomic E-state index is 5.78. The van der Waals surface area contributed by atoms with Crippen molar-refractivity contribution >= 4 is 5.69 Å². The van der Waals surface area contributed by atoms with Crippen molar-refractivity contribution in [2.24, 2.45) is 5.73 Å². The summed E-state index contributed by atoms with van der Waals surface area (Å²) >= 11 is 0. The maximum Gasteiger partial charge on any atom is 0.0442 e. The van der Waals surface area contributed by atoms with E-state index in [0.29, 0.717) is 6.54 Å². The summed E-state index contributed by atoms with van der Waals surface area (Å²) in [6.07, 6.45) is 0. The van der Waals surface area contributed by atoms with Crippen LogP contribution < -0.4 is 16.0 Å². The fraction of sp³-hybridized carbons (Fsp3) is 0.500. The third-order valence-corrected chi connectivity index (χ3v) is 2.97. The lowest BCUT2D eigenvalue weighted by Crippen LogP contribution is -2.44. The zero-order valence-electron chi connectivity index (χ0n) is 9.29. The standard InChI is InChI=1S/C12H19N3/c1-10-3-2-4-11(9-13)12(10)15-7-5-14-6-8-15/h2-4,14H,5-9,13H2,1H3. The molecular weight excluding hydrogens is 186 g/mol. The number of nitrogens with two attached hydrogens (primary N) is 1. The average molecular weight is 205 g/mol. The molecular formula is C12H19N3. The third kappa shape index (κ3) is 2.13. The fourth-order valence-electron chi connectivity index (χ4n) is 2.23. The first-order valence-corrected chi connectivity index (χ1v) is 5.57. The minimum atomic E-state index is 0.626. The normalized spacial score (nSPS) is 16.8. The van der Waals surface area contributed by atoms with Crippen LogP contribution in [0, 0.1) is 6.92 Å². The molecule has 1 aromatic carbocycles. The second-order valence-electron chi connectivity index (χ2n) is 4.02. The molecule has 0 aromatic heterocycles. The Morgan fingerprint density at radius 2 is 2.07 bits per heavy atom. The minimum absolute atomic E-state index is 0.626. The summed E-state index contributed by atoms with van der Waals surface area (Å²) in [5.74, 6) is 0. The first-order chi connectivity index (χ1) is 7.33. The molecule has 2 rings (SSSR count). The number of hydrogen-bond acceptors (Lipinski definition) is 3. The molecule has 0 spiro atoms. The highest BCUT2D eigenvalue weighted by atomic mass is 15.2. The van der Waals surface area contributed by atoms with E-state index in [2.05, 4.69) is 35.3 Å². The van der Waals surface area contributed by atoms with E-state index in [1.807, 2.05) is 0 Å². The number of nitrogens with zero attached hydrogens (tertiary/aromatic N) is 1. The second kappa shape index (κ2) is 4.64. The zero-order chi connectivity index (χ0) is 10.7. The van der Waals surface area contributed by atoms with E-state index in [1.165, 1.54) is 16.8 Å². The number of nitrogens with one attached hydrogen (secondary N) is 1. The molecule has 1 aliphatic rings. The highest BCUT2D eigenvalue weighted by molar-refractivity contribution is 5.59. The summed E-state index contributed by atoms with van der Waals surface area (Å²) in [5.41, 5.74) is 9.73. The van der Waals surface area contributed by atoms with Gasteiger partial charge in [-0.05, 0) is 18.1 Å². The number of hydrogen-bond donors (Lipinski definition) is 2. The van der Waals surface area contributed by atoms with Gasteiger partial charge in [-0.3, -0.25) is 0 Å². The molecule has 3 heteroatoms. The van der Waals surface area contributed by atoms with Gasteiger partial charge in [-0.1, -0.05) is 18.2 Å². The van der Waals surface area contributed by atoms with Crippen LogP contribution in [0.2, 0.25) is 0 Å². The smallest absolute Gasteiger partial charge is 0.0442 e. The van der Waals surface area contributed by atoms with Crippen LogP contribution in [0.1, 0.15) is 11.1 Å². The molecule has 0 amide bonds. The van der Waals surface area contributed by atoms with Crippen molar-refractivity contribution in [3.63, 3.8) is 0 Å². The molecule has 82 valence electrons. The molecule has 1 aliphatic heterocycles. The highest BCUT2D eigenvalue weighted by Gasteiger charge is 2.15. The van der Waals surface area contributed by atoms with E-state index in [4.69, 9.17) is 5.73 Å². The Hall–Kier alpha value is -1.06. The van der Waals surface area contributed by atoms with E-state index < -0.39 is 0 Å². The monoisotopic (exact) mass is 205 g/mol. The molecule has 1 heterocycles. The van der Waals surface area contributed by atoms with E-state index in [9.17, 15) is 0 Å². The number of para-hydroxylation sites is 1. The quantitative estimate of drug-likeness (QED) is 0.752. The van der Waals surface area contributed by atoms with E-state index in [1.54, 1.807) is 0 Å². The topological polar surface area (TPSA) is 41.3 Å². The molecule has 0 bridgehead atoms. The van der Waals surface area contributed by atoms with Gasteiger partial charge in [-0.2, -0.15) is 0 Å². The van der Waals surface area contributed by atoms with Crippen LogP contribution in [-0.2, 0) is 6.54 Å². The van der Waals surface area contributed by atoms with Gasteiger partial charge in [-0.25, -0.2) is 0 Å². The third-order valence-electron chi connectivity index (χ3n) is 2.97. The van der Waals surface area contributed by atoms with Crippen molar-refractivity contribution in [3.8, 4) is 0 Å². The zero-order valence-corrected chi connectivity index (χ0v) is 9.29. The SMILES string of the molecule is Cc1cccc(CN)c1N1CCNCC1. The van der Waals surface area contributed by atoms with Crippen LogP contribution in [0.15, 0.2) is 18.2 Å². The fourth-order valence-corrected chi connectivity index (χ4v) is 2.23. The number of rotatable bonds is 2. The maximum atomic E-state index is 5.78. The van der Waals surface area contributed by atoms with Crippen LogP contribution in [0.3, 0.4) is 0 Å². The Bertz CT molecular complexity index is 330. The Labute approximate surface area is 91.3 Å². The van der Waals surface area contributed by atoms with Gasteiger partial charge in [0.05, 0.1) is 0 Å². The molecule has 1 aromatic rings. The highest BCUT2D eigenvalue weighted by Crippen LogP contribution is 2.25. The first-order valence-electron chi connectivity index (χ1n) is 5.57. The molecule has 1 saturated heterocycles. The minimum Gasteiger partial charge on any atom is -0.369 e. The average Bonchev–Trinajstić information content (AvgIpc) is 2.29. The molecule has 1 fully saturated rings. The van der Waals surface area contributed by atoms with Gasteiger partial charge in [0.2, 0.25) is 0 Å². The molecule has 0 saturated carbocycles. The van der Waals surface area contributed by atoms with Gasteiger partial charge >= 0.3 is 0 Å². The lowest BCUT2D eigenvalue weighted by Gasteiger charge is -2.32. The number of benzene rings is 1. The van der Waals surface area contributed by atoms with Crippen molar-refractivity contribution in [3.05, 3.63) is 29.3 Å². The summed E-state index contributed by atoms with van der Waals surface area (Å²) in [4.78, 5) is 2.44. The van der Waals surface area contributed by atoms with Crippen molar-refractivity contribution in [1.29, 1.82) is 0 Å². The summed E-state index contributed by atoms with van der Waals surface area (Å²) in [6, 6.07) is 6.38. The molecule has 3 N–H and O–H groups in total. The van der Waals surface area contributed by atoms with Crippen LogP contribution in [0.5, 0.6) is 0 Å². The summed E-state index contributed by atoms with van der Waals surface area (Å²) < 4.78 is 0. The lowest BCUT2D eigenvalue weighted by atomic mass is 10.1. The van der Waals surface area contributed by atoms with Gasteiger partial charge < -0.3 is 16.0 Å².